The van der Waals surface area contributed by atoms with Gasteiger partial charge in [-0.1, -0.05) is 24.3 Å². The summed E-state index contributed by atoms with van der Waals surface area (Å²) in [6.45, 7) is 2.84. The first-order valence-electron chi connectivity index (χ1n) is 9.40. The second kappa shape index (κ2) is 7.91. The number of oxazole rings is 1. The van der Waals surface area contributed by atoms with Crippen LogP contribution in [0.25, 0.3) is 22.2 Å². The molecule has 0 aliphatic carbocycles. The summed E-state index contributed by atoms with van der Waals surface area (Å²) in [6.07, 6.45) is 3.21. The van der Waals surface area contributed by atoms with E-state index in [0.717, 1.165) is 54.2 Å². The molecule has 27 heavy (non-hydrogen) atoms. The number of hydrogen-bond acceptors (Lipinski definition) is 5. The summed E-state index contributed by atoms with van der Waals surface area (Å²) < 4.78 is 11.3. The molecule has 0 radical (unpaired) electrons. The normalized spacial score (nSPS) is 17.4. The van der Waals surface area contributed by atoms with E-state index in [1.807, 2.05) is 42.5 Å². The number of methoxy groups -OCH3 is 1. The van der Waals surface area contributed by atoms with Crippen LogP contribution in [-0.4, -0.2) is 42.7 Å². The third-order valence-corrected chi connectivity index (χ3v) is 5.26. The Hall–Kier alpha value is -2.68. The van der Waals surface area contributed by atoms with Crippen molar-refractivity contribution in [1.29, 1.82) is 5.26 Å². The number of likely N-dealkylation sites (tertiary alicyclic amines) is 1. The number of aromatic nitrogens is 1. The molecule has 1 atom stereocenters. The van der Waals surface area contributed by atoms with Crippen molar-refractivity contribution in [1.82, 2.24) is 9.88 Å². The van der Waals surface area contributed by atoms with E-state index in [2.05, 4.69) is 16.0 Å². The van der Waals surface area contributed by atoms with Crippen molar-refractivity contribution < 1.29 is 9.15 Å². The van der Waals surface area contributed by atoms with E-state index in [4.69, 9.17) is 9.15 Å². The van der Waals surface area contributed by atoms with E-state index in [0.29, 0.717) is 11.6 Å². The average molecular weight is 361 g/mol. The summed E-state index contributed by atoms with van der Waals surface area (Å²) in [6, 6.07) is 16.3. The van der Waals surface area contributed by atoms with Gasteiger partial charge in [0.15, 0.2) is 11.5 Å². The van der Waals surface area contributed by atoms with E-state index >= 15 is 0 Å². The van der Waals surface area contributed by atoms with Crippen LogP contribution in [0.1, 0.15) is 24.3 Å². The number of benzene rings is 2. The Morgan fingerprint density at radius 3 is 3.04 bits per heavy atom. The summed E-state index contributed by atoms with van der Waals surface area (Å²) in [7, 11) is 1.76. The Morgan fingerprint density at radius 2 is 2.19 bits per heavy atom. The Bertz CT molecular complexity index is 973. The molecule has 0 bridgehead atoms. The monoisotopic (exact) mass is 361 g/mol. The fraction of sp³-hybridized carbons (Fsp3) is 0.364. The van der Waals surface area contributed by atoms with Gasteiger partial charge in [0.2, 0.25) is 0 Å². The Kier molecular flexibility index (Phi) is 5.19. The second-order valence-corrected chi connectivity index (χ2v) is 6.98. The van der Waals surface area contributed by atoms with Gasteiger partial charge in [-0.25, -0.2) is 4.98 Å². The summed E-state index contributed by atoms with van der Waals surface area (Å²) in [5.41, 5.74) is 4.20. The topological polar surface area (TPSA) is 62.3 Å². The maximum Gasteiger partial charge on any atom is 0.196 e. The molecule has 0 N–H and O–H groups in total. The van der Waals surface area contributed by atoms with Crippen LogP contribution in [0.5, 0.6) is 0 Å². The molecule has 1 aliphatic rings. The molecule has 1 fully saturated rings. The largest absolute Gasteiger partial charge is 0.441 e. The Morgan fingerprint density at radius 1 is 1.30 bits per heavy atom. The lowest BCUT2D eigenvalue weighted by Crippen LogP contribution is -2.34. The van der Waals surface area contributed by atoms with E-state index in [1.165, 1.54) is 12.8 Å². The van der Waals surface area contributed by atoms with E-state index in [9.17, 15) is 5.26 Å². The van der Waals surface area contributed by atoms with Gasteiger partial charge in [-0.3, -0.25) is 4.90 Å². The molecule has 0 unspecified atom stereocenters. The standard InChI is InChI=1S/C22H23N3O2/c1-26-15-18-6-4-11-25(18)12-10-22-24-20-13-16(8-9-21(20)27-22)19-7-3-2-5-17(19)14-23/h2-3,5,7-9,13,18H,4,6,10-12,15H2,1H3/t18-/m0/s1. The van der Waals surface area contributed by atoms with Crippen molar-refractivity contribution in [3.8, 4) is 17.2 Å². The van der Waals surface area contributed by atoms with Gasteiger partial charge in [-0.2, -0.15) is 5.26 Å². The van der Waals surface area contributed by atoms with Crippen LogP contribution in [0.2, 0.25) is 0 Å². The minimum atomic E-state index is 0.508. The molecule has 1 aromatic heterocycles. The lowest BCUT2D eigenvalue weighted by molar-refractivity contribution is 0.115. The quantitative estimate of drug-likeness (QED) is 0.663. The molecule has 1 saturated heterocycles. The zero-order chi connectivity index (χ0) is 18.6. The maximum atomic E-state index is 9.33. The fourth-order valence-corrected chi connectivity index (χ4v) is 3.89. The van der Waals surface area contributed by atoms with Gasteiger partial charge in [0, 0.05) is 26.1 Å². The molecule has 0 amide bonds. The van der Waals surface area contributed by atoms with Crippen molar-refractivity contribution in [2.45, 2.75) is 25.3 Å². The molecule has 2 heterocycles. The maximum absolute atomic E-state index is 9.33. The van der Waals surface area contributed by atoms with Gasteiger partial charge in [-0.15, -0.1) is 0 Å². The molecule has 5 nitrogen and oxygen atoms in total. The lowest BCUT2D eigenvalue weighted by Gasteiger charge is -2.22. The van der Waals surface area contributed by atoms with Crippen LogP contribution < -0.4 is 0 Å². The van der Waals surface area contributed by atoms with Crippen molar-refractivity contribution >= 4 is 11.1 Å². The molecule has 0 saturated carbocycles. The molecule has 3 aromatic rings. The van der Waals surface area contributed by atoms with Crippen LogP contribution in [0.3, 0.4) is 0 Å². The molecule has 2 aromatic carbocycles. The van der Waals surface area contributed by atoms with Gasteiger partial charge in [-0.05, 0) is 48.7 Å². The second-order valence-electron chi connectivity index (χ2n) is 6.98. The molecular formula is C22H23N3O2. The molecule has 0 spiro atoms. The van der Waals surface area contributed by atoms with Gasteiger partial charge >= 0.3 is 0 Å². The third-order valence-electron chi connectivity index (χ3n) is 5.26. The first-order chi connectivity index (χ1) is 13.3. The number of fused-ring (bicyclic) bond motifs is 1. The minimum Gasteiger partial charge on any atom is -0.441 e. The van der Waals surface area contributed by atoms with Gasteiger partial charge in [0.1, 0.15) is 5.52 Å². The average Bonchev–Trinajstić information content (AvgIpc) is 3.32. The van der Waals surface area contributed by atoms with Crippen LogP contribution in [-0.2, 0) is 11.2 Å². The minimum absolute atomic E-state index is 0.508. The number of nitrogens with zero attached hydrogens (tertiary/aromatic N) is 3. The Labute approximate surface area is 159 Å². The fourth-order valence-electron chi connectivity index (χ4n) is 3.89. The highest BCUT2D eigenvalue weighted by atomic mass is 16.5. The van der Waals surface area contributed by atoms with Crippen molar-refractivity contribution in [3.63, 3.8) is 0 Å². The number of ether oxygens (including phenoxy) is 1. The van der Waals surface area contributed by atoms with Crippen molar-refractivity contribution in [3.05, 3.63) is 53.9 Å². The number of nitriles is 1. The summed E-state index contributed by atoms with van der Waals surface area (Å²) in [5, 5.41) is 9.33. The zero-order valence-corrected chi connectivity index (χ0v) is 15.5. The summed E-state index contributed by atoms with van der Waals surface area (Å²) in [5.74, 6) is 0.763. The first kappa shape index (κ1) is 17.7. The molecule has 4 rings (SSSR count). The van der Waals surface area contributed by atoms with Crippen LogP contribution in [0.15, 0.2) is 46.9 Å². The molecular weight excluding hydrogens is 338 g/mol. The van der Waals surface area contributed by atoms with E-state index in [1.54, 1.807) is 7.11 Å². The molecule has 5 heteroatoms. The lowest BCUT2D eigenvalue weighted by atomic mass is 10.0. The predicted molar refractivity (Wildman–Crippen MR) is 104 cm³/mol. The van der Waals surface area contributed by atoms with E-state index < -0.39 is 0 Å². The third kappa shape index (κ3) is 3.73. The van der Waals surface area contributed by atoms with Crippen molar-refractivity contribution in [2.24, 2.45) is 0 Å². The van der Waals surface area contributed by atoms with Crippen LogP contribution in [0, 0.1) is 11.3 Å². The first-order valence-corrected chi connectivity index (χ1v) is 9.40. The van der Waals surface area contributed by atoms with Gasteiger partial charge in [0.05, 0.1) is 18.2 Å². The van der Waals surface area contributed by atoms with E-state index in [-0.39, 0.29) is 0 Å². The van der Waals surface area contributed by atoms with Crippen LogP contribution in [0.4, 0.5) is 0 Å². The summed E-state index contributed by atoms with van der Waals surface area (Å²) in [4.78, 5) is 7.14. The number of rotatable bonds is 6. The molecule has 1 aliphatic heterocycles. The SMILES string of the molecule is COC[C@@H]1CCCN1CCc1nc2cc(-c3ccccc3C#N)ccc2o1. The van der Waals surface area contributed by atoms with Crippen molar-refractivity contribution in [2.75, 3.05) is 26.8 Å². The zero-order valence-electron chi connectivity index (χ0n) is 15.5. The highest BCUT2D eigenvalue weighted by Crippen LogP contribution is 2.27. The predicted octanol–water partition coefficient (Wildman–Crippen LogP) is 4.02. The highest BCUT2D eigenvalue weighted by molar-refractivity contribution is 5.82. The Balaban J connectivity index is 1.52. The smallest absolute Gasteiger partial charge is 0.196 e. The van der Waals surface area contributed by atoms with Gasteiger partial charge < -0.3 is 9.15 Å². The van der Waals surface area contributed by atoms with Crippen LogP contribution >= 0.6 is 0 Å². The van der Waals surface area contributed by atoms with Gasteiger partial charge in [0.25, 0.3) is 0 Å². The summed E-state index contributed by atoms with van der Waals surface area (Å²) >= 11 is 0. The highest BCUT2D eigenvalue weighted by Gasteiger charge is 2.24. The molecule has 138 valence electrons. The number of hydrogen-bond donors (Lipinski definition) is 0.